The van der Waals surface area contributed by atoms with Crippen LogP contribution < -0.4 is 10.1 Å². The Hall–Kier alpha value is -2.11. The van der Waals surface area contributed by atoms with Crippen LogP contribution in [0, 0.1) is 5.82 Å². The second-order valence-electron chi connectivity index (χ2n) is 5.97. The molecule has 0 spiro atoms. The van der Waals surface area contributed by atoms with Crippen molar-refractivity contribution in [3.8, 4) is 16.9 Å². The summed E-state index contributed by atoms with van der Waals surface area (Å²) in [5.41, 5.74) is 1.74. The third kappa shape index (κ3) is 4.11. The normalized spacial score (nSPS) is 16.9. The Morgan fingerprint density at radius 2 is 1.88 bits per heavy atom. The topological polar surface area (TPSA) is 41.6 Å². The van der Waals surface area contributed by atoms with Crippen molar-refractivity contribution in [2.45, 2.75) is 13.0 Å². The Morgan fingerprint density at radius 1 is 1.20 bits per heavy atom. The Labute approximate surface area is 153 Å². The first-order chi connectivity index (χ1) is 11.6. The zero-order chi connectivity index (χ0) is 17.1. The molecule has 4 nitrogen and oxygen atoms in total. The van der Waals surface area contributed by atoms with E-state index in [9.17, 15) is 9.18 Å². The van der Waals surface area contributed by atoms with Crippen LogP contribution in [0.4, 0.5) is 4.39 Å². The molecule has 1 N–H and O–H groups in total. The lowest BCUT2D eigenvalue weighted by molar-refractivity contribution is 0.0651. The van der Waals surface area contributed by atoms with Gasteiger partial charge in [0.25, 0.3) is 5.91 Å². The van der Waals surface area contributed by atoms with Gasteiger partial charge in [-0.05, 0) is 42.3 Å². The van der Waals surface area contributed by atoms with Crippen LogP contribution in [0.1, 0.15) is 17.3 Å². The molecule has 1 amide bonds. The summed E-state index contributed by atoms with van der Waals surface area (Å²) in [4.78, 5) is 14.3. The number of hydrogen-bond donors (Lipinski definition) is 1. The molecule has 6 heteroatoms. The maximum Gasteiger partial charge on any atom is 0.257 e. The van der Waals surface area contributed by atoms with Crippen LogP contribution in [0.3, 0.4) is 0 Å². The summed E-state index contributed by atoms with van der Waals surface area (Å²) in [7, 11) is 1.60. The minimum absolute atomic E-state index is 0. The first-order valence-electron chi connectivity index (χ1n) is 8.06. The van der Waals surface area contributed by atoms with E-state index in [4.69, 9.17) is 4.74 Å². The Morgan fingerprint density at radius 3 is 2.48 bits per heavy atom. The number of piperazine rings is 1. The van der Waals surface area contributed by atoms with E-state index in [1.165, 1.54) is 6.07 Å². The van der Waals surface area contributed by atoms with Crippen LogP contribution in [0.2, 0.25) is 0 Å². The van der Waals surface area contributed by atoms with E-state index >= 15 is 0 Å². The number of carbonyl (C=O) groups excluding carboxylic acids is 1. The highest BCUT2D eigenvalue weighted by Gasteiger charge is 2.26. The number of amides is 1. The molecule has 1 saturated heterocycles. The van der Waals surface area contributed by atoms with Crippen molar-refractivity contribution in [1.29, 1.82) is 0 Å². The Kier molecular flexibility index (Phi) is 6.39. The summed E-state index contributed by atoms with van der Waals surface area (Å²) in [6.07, 6.45) is 0. The van der Waals surface area contributed by atoms with Crippen molar-refractivity contribution in [3.05, 3.63) is 53.8 Å². The summed E-state index contributed by atoms with van der Waals surface area (Å²) in [5.74, 6) is 0.0144. The largest absolute Gasteiger partial charge is 0.497 e. The first kappa shape index (κ1) is 19.2. The molecule has 1 fully saturated rings. The van der Waals surface area contributed by atoms with Gasteiger partial charge in [-0.1, -0.05) is 18.2 Å². The van der Waals surface area contributed by atoms with E-state index in [2.05, 4.69) is 5.32 Å². The molecule has 0 unspecified atom stereocenters. The Balaban J connectivity index is 0.00000225. The van der Waals surface area contributed by atoms with E-state index < -0.39 is 5.82 Å². The van der Waals surface area contributed by atoms with E-state index in [1.807, 2.05) is 31.2 Å². The number of ether oxygens (including phenoxy) is 1. The minimum Gasteiger partial charge on any atom is -0.497 e. The van der Waals surface area contributed by atoms with Crippen molar-refractivity contribution < 1.29 is 13.9 Å². The molecular formula is C19H22ClFN2O2. The van der Waals surface area contributed by atoms with Crippen molar-refractivity contribution >= 4 is 18.3 Å². The van der Waals surface area contributed by atoms with Gasteiger partial charge >= 0.3 is 0 Å². The fraction of sp³-hybridized carbons (Fsp3) is 0.316. The second kappa shape index (κ2) is 8.32. The number of hydrogen-bond acceptors (Lipinski definition) is 3. The van der Waals surface area contributed by atoms with Gasteiger partial charge in [0.1, 0.15) is 11.6 Å². The monoisotopic (exact) mass is 364 g/mol. The fourth-order valence-electron chi connectivity index (χ4n) is 2.95. The van der Waals surface area contributed by atoms with Gasteiger partial charge in [-0.15, -0.1) is 12.4 Å². The highest BCUT2D eigenvalue weighted by molar-refractivity contribution is 5.95. The highest BCUT2D eigenvalue weighted by atomic mass is 35.5. The number of rotatable bonds is 3. The lowest BCUT2D eigenvalue weighted by Crippen LogP contribution is -2.52. The van der Waals surface area contributed by atoms with E-state index in [0.29, 0.717) is 6.54 Å². The molecule has 2 aromatic rings. The zero-order valence-electron chi connectivity index (χ0n) is 14.3. The van der Waals surface area contributed by atoms with Gasteiger partial charge in [0, 0.05) is 25.7 Å². The van der Waals surface area contributed by atoms with Gasteiger partial charge in [-0.25, -0.2) is 4.39 Å². The number of nitrogens with one attached hydrogen (secondary N) is 1. The number of nitrogens with zero attached hydrogens (tertiary/aromatic N) is 1. The molecule has 1 heterocycles. The highest BCUT2D eigenvalue weighted by Crippen LogP contribution is 2.25. The molecule has 0 aliphatic carbocycles. The average molecular weight is 365 g/mol. The predicted octanol–water partition coefficient (Wildman–Crippen LogP) is 3.36. The molecule has 1 atom stereocenters. The predicted molar refractivity (Wildman–Crippen MR) is 99.0 cm³/mol. The molecule has 0 saturated carbocycles. The molecule has 25 heavy (non-hydrogen) atoms. The first-order valence-corrected chi connectivity index (χ1v) is 8.06. The molecule has 1 aliphatic rings. The van der Waals surface area contributed by atoms with E-state index in [1.54, 1.807) is 24.1 Å². The van der Waals surface area contributed by atoms with Gasteiger partial charge in [0.15, 0.2) is 0 Å². The summed E-state index contributed by atoms with van der Waals surface area (Å²) in [6, 6.07) is 12.2. The van der Waals surface area contributed by atoms with E-state index in [-0.39, 0.29) is 29.9 Å². The SMILES string of the molecule is COc1ccc(-c2ccc(C(=O)N3CCNC[C@H]3C)c(F)c2)cc1.Cl. The van der Waals surface area contributed by atoms with Crippen LogP contribution >= 0.6 is 12.4 Å². The molecule has 0 aromatic heterocycles. The Bertz CT molecular complexity index is 737. The summed E-state index contributed by atoms with van der Waals surface area (Å²) in [6.45, 7) is 4.03. The van der Waals surface area contributed by atoms with Gasteiger partial charge in [0.05, 0.1) is 12.7 Å². The van der Waals surface area contributed by atoms with Crippen molar-refractivity contribution in [3.63, 3.8) is 0 Å². The quantitative estimate of drug-likeness (QED) is 0.908. The number of halogens is 2. The van der Waals surface area contributed by atoms with E-state index in [0.717, 1.165) is 30.0 Å². The molecular weight excluding hydrogens is 343 g/mol. The van der Waals surface area contributed by atoms with Gasteiger partial charge in [-0.3, -0.25) is 4.79 Å². The molecule has 3 rings (SSSR count). The third-order valence-electron chi connectivity index (χ3n) is 4.38. The van der Waals surface area contributed by atoms with Gasteiger partial charge < -0.3 is 15.0 Å². The summed E-state index contributed by atoms with van der Waals surface area (Å²) >= 11 is 0. The van der Waals surface area contributed by atoms with Gasteiger partial charge in [0.2, 0.25) is 0 Å². The average Bonchev–Trinajstić information content (AvgIpc) is 2.61. The summed E-state index contributed by atoms with van der Waals surface area (Å²) in [5, 5.41) is 3.23. The van der Waals surface area contributed by atoms with Crippen LogP contribution in [0.5, 0.6) is 5.75 Å². The number of methoxy groups -OCH3 is 1. The lowest BCUT2D eigenvalue weighted by Gasteiger charge is -2.34. The fourth-order valence-corrected chi connectivity index (χ4v) is 2.95. The van der Waals surface area contributed by atoms with Crippen molar-refractivity contribution in [2.75, 3.05) is 26.7 Å². The van der Waals surface area contributed by atoms with Crippen molar-refractivity contribution in [1.82, 2.24) is 10.2 Å². The maximum absolute atomic E-state index is 14.5. The lowest BCUT2D eigenvalue weighted by atomic mass is 10.0. The van der Waals surface area contributed by atoms with Crippen LogP contribution in [0.15, 0.2) is 42.5 Å². The van der Waals surface area contributed by atoms with Crippen LogP contribution in [-0.4, -0.2) is 43.6 Å². The standard InChI is InChI=1S/C19H21FN2O2.ClH/c1-13-12-21-9-10-22(13)19(23)17-8-5-15(11-18(17)20)14-3-6-16(24-2)7-4-14;/h3-8,11,13,21H,9-10,12H2,1-2H3;1H/t13-;/m1./s1. The number of carbonyl (C=O) groups is 1. The molecule has 2 aromatic carbocycles. The molecule has 134 valence electrons. The number of benzene rings is 2. The smallest absolute Gasteiger partial charge is 0.257 e. The van der Waals surface area contributed by atoms with Gasteiger partial charge in [-0.2, -0.15) is 0 Å². The molecule has 0 radical (unpaired) electrons. The summed E-state index contributed by atoms with van der Waals surface area (Å²) < 4.78 is 19.7. The second-order valence-corrected chi connectivity index (χ2v) is 5.97. The van der Waals surface area contributed by atoms with Crippen molar-refractivity contribution in [2.24, 2.45) is 0 Å². The molecule has 1 aliphatic heterocycles. The molecule has 0 bridgehead atoms. The third-order valence-corrected chi connectivity index (χ3v) is 4.38. The van der Waals surface area contributed by atoms with Crippen LogP contribution in [0.25, 0.3) is 11.1 Å². The minimum atomic E-state index is -0.487. The van der Waals surface area contributed by atoms with Crippen LogP contribution in [-0.2, 0) is 0 Å². The zero-order valence-corrected chi connectivity index (χ0v) is 15.1. The maximum atomic E-state index is 14.5.